The molecule has 0 bridgehead atoms. The Bertz CT molecular complexity index is 1100. The van der Waals surface area contributed by atoms with E-state index in [9.17, 15) is 0 Å². The van der Waals surface area contributed by atoms with Gasteiger partial charge < -0.3 is 4.52 Å². The molecule has 1 aliphatic rings. The molecule has 1 saturated heterocycles. The molecule has 0 amide bonds. The second-order valence-corrected chi connectivity index (χ2v) is 10.3. The number of thiophene rings is 1. The lowest BCUT2D eigenvalue weighted by molar-refractivity contribution is 0.237. The van der Waals surface area contributed by atoms with E-state index in [0.717, 1.165) is 30.3 Å². The first-order valence-corrected chi connectivity index (χ1v) is 13.1. The van der Waals surface area contributed by atoms with Gasteiger partial charge in [-0.25, -0.2) is 0 Å². The van der Waals surface area contributed by atoms with Crippen molar-refractivity contribution in [3.05, 3.63) is 94.6 Å². The molecular formula is C28H34Cl2N4OS. The van der Waals surface area contributed by atoms with Crippen LogP contribution in [0.15, 0.2) is 77.3 Å². The molecule has 5 nitrogen and oxygen atoms in total. The fraction of sp³-hybridized carbons (Fsp3) is 0.357. The molecule has 0 spiro atoms. The quantitative estimate of drug-likeness (QED) is 0.222. The van der Waals surface area contributed by atoms with E-state index in [1.165, 1.54) is 54.8 Å². The van der Waals surface area contributed by atoms with Crippen LogP contribution in [0, 0.1) is 0 Å². The van der Waals surface area contributed by atoms with Crippen molar-refractivity contribution in [3.63, 3.8) is 0 Å². The number of hydrogen-bond acceptors (Lipinski definition) is 6. The van der Waals surface area contributed by atoms with Crippen LogP contribution in [0.5, 0.6) is 0 Å². The second kappa shape index (κ2) is 14.5. The van der Waals surface area contributed by atoms with Gasteiger partial charge in [0.1, 0.15) is 0 Å². The first kappa shape index (κ1) is 28.4. The highest BCUT2D eigenvalue weighted by molar-refractivity contribution is 7.15. The lowest BCUT2D eigenvalue weighted by Gasteiger charge is -2.21. The summed E-state index contributed by atoms with van der Waals surface area (Å²) in [5.41, 5.74) is 2.55. The third-order valence-electron chi connectivity index (χ3n) is 6.28. The van der Waals surface area contributed by atoms with E-state index < -0.39 is 0 Å². The van der Waals surface area contributed by atoms with Gasteiger partial charge >= 0.3 is 0 Å². The maximum Gasteiger partial charge on any atom is 0.268 e. The molecule has 0 unspecified atom stereocenters. The second-order valence-electron chi connectivity index (χ2n) is 9.09. The third kappa shape index (κ3) is 8.15. The van der Waals surface area contributed by atoms with E-state index in [1.54, 1.807) is 11.3 Å². The topological polar surface area (TPSA) is 45.4 Å². The summed E-state index contributed by atoms with van der Waals surface area (Å²) in [6.07, 6.45) is 5.35. The fourth-order valence-corrected chi connectivity index (χ4v) is 5.53. The highest BCUT2D eigenvalue weighted by Gasteiger charge is 2.17. The summed E-state index contributed by atoms with van der Waals surface area (Å²) in [4.78, 5) is 12.1. The Hall–Kier alpha value is -2.22. The highest BCUT2D eigenvalue weighted by Crippen LogP contribution is 2.28. The van der Waals surface area contributed by atoms with Crippen molar-refractivity contribution in [1.29, 1.82) is 0 Å². The number of nitrogens with zero attached hydrogens (tertiary/aromatic N) is 4. The van der Waals surface area contributed by atoms with Crippen molar-refractivity contribution in [3.8, 4) is 10.8 Å². The molecule has 4 aromatic rings. The van der Waals surface area contributed by atoms with Crippen LogP contribution in [0.2, 0.25) is 0 Å². The van der Waals surface area contributed by atoms with Crippen LogP contribution in [-0.2, 0) is 26.2 Å². The molecule has 1 aliphatic heterocycles. The highest BCUT2D eigenvalue weighted by atomic mass is 35.5. The van der Waals surface area contributed by atoms with E-state index in [-0.39, 0.29) is 24.8 Å². The molecule has 0 aliphatic carbocycles. The minimum Gasteiger partial charge on any atom is -0.333 e. The summed E-state index contributed by atoms with van der Waals surface area (Å²) in [7, 11) is 0. The molecule has 192 valence electrons. The minimum absolute atomic E-state index is 0. The Labute approximate surface area is 230 Å². The molecule has 2 aromatic carbocycles. The smallest absolute Gasteiger partial charge is 0.268 e. The Morgan fingerprint density at radius 2 is 1.36 bits per heavy atom. The van der Waals surface area contributed by atoms with Crippen molar-refractivity contribution in [2.24, 2.45) is 0 Å². The summed E-state index contributed by atoms with van der Waals surface area (Å²) >= 11 is 1.77. The average Bonchev–Trinajstić information content (AvgIpc) is 3.44. The molecule has 2 aromatic heterocycles. The van der Waals surface area contributed by atoms with Crippen LogP contribution in [0.3, 0.4) is 0 Å². The van der Waals surface area contributed by atoms with Crippen LogP contribution >= 0.6 is 36.2 Å². The van der Waals surface area contributed by atoms with Crippen LogP contribution < -0.4 is 0 Å². The lowest BCUT2D eigenvalue weighted by Crippen LogP contribution is -2.23. The standard InChI is InChI=1S/C28H32N4OS.2ClH/c1-2-10-18-31(17-9-1)21-25-15-16-26(34-25)28-29-27(30-33-28)22-32(19-23-11-5-3-6-12-23)20-24-13-7-4-8-14-24;;/h3-8,11-16H,1-2,9-10,17-22H2;2*1H. The van der Waals surface area contributed by atoms with Crippen molar-refractivity contribution < 1.29 is 4.52 Å². The number of rotatable bonds is 9. The normalized spacial score (nSPS) is 14.1. The van der Waals surface area contributed by atoms with Crippen LogP contribution in [0.1, 0.15) is 47.5 Å². The van der Waals surface area contributed by atoms with Gasteiger partial charge in [-0.15, -0.1) is 36.2 Å². The zero-order valence-electron chi connectivity index (χ0n) is 20.4. The monoisotopic (exact) mass is 544 g/mol. The van der Waals surface area contributed by atoms with Gasteiger partial charge in [-0.05, 0) is 49.2 Å². The van der Waals surface area contributed by atoms with Gasteiger partial charge in [0.05, 0.1) is 11.4 Å². The summed E-state index contributed by atoms with van der Waals surface area (Å²) < 4.78 is 5.68. The minimum atomic E-state index is 0. The van der Waals surface area contributed by atoms with Crippen molar-refractivity contribution in [2.45, 2.75) is 51.9 Å². The summed E-state index contributed by atoms with van der Waals surface area (Å²) in [5, 5.41) is 4.32. The van der Waals surface area contributed by atoms with Gasteiger partial charge in [-0.1, -0.05) is 78.7 Å². The van der Waals surface area contributed by atoms with Gasteiger partial charge in [0.15, 0.2) is 5.82 Å². The SMILES string of the molecule is Cl.Cl.c1ccc(CN(Cc2ccccc2)Cc2noc(-c3ccc(CN4CCCCCC4)s3)n2)cc1. The first-order valence-electron chi connectivity index (χ1n) is 12.3. The zero-order chi connectivity index (χ0) is 23.0. The van der Waals surface area contributed by atoms with E-state index >= 15 is 0 Å². The van der Waals surface area contributed by atoms with Gasteiger partial charge in [0.25, 0.3) is 5.89 Å². The first-order chi connectivity index (χ1) is 16.8. The molecule has 3 heterocycles. The van der Waals surface area contributed by atoms with Crippen molar-refractivity contribution >= 4 is 36.2 Å². The van der Waals surface area contributed by atoms with Crippen LogP contribution in [-0.4, -0.2) is 33.0 Å². The van der Waals surface area contributed by atoms with E-state index in [1.807, 2.05) is 0 Å². The molecular weight excluding hydrogens is 511 g/mol. The van der Waals surface area contributed by atoms with Gasteiger partial charge in [0, 0.05) is 24.5 Å². The maximum atomic E-state index is 5.68. The van der Waals surface area contributed by atoms with Gasteiger partial charge in [0.2, 0.25) is 0 Å². The Balaban J connectivity index is 0.00000180. The molecule has 8 heteroatoms. The molecule has 0 N–H and O–H groups in total. The Morgan fingerprint density at radius 1 is 0.750 bits per heavy atom. The molecule has 5 rings (SSSR count). The number of halogens is 2. The molecule has 1 fully saturated rings. The number of likely N-dealkylation sites (tertiary alicyclic amines) is 1. The molecule has 36 heavy (non-hydrogen) atoms. The third-order valence-corrected chi connectivity index (χ3v) is 7.34. The van der Waals surface area contributed by atoms with Gasteiger partial charge in [-0.2, -0.15) is 4.98 Å². The predicted octanol–water partition coefficient (Wildman–Crippen LogP) is 7.22. The number of benzene rings is 2. The summed E-state index contributed by atoms with van der Waals surface area (Å²) in [6, 6.07) is 25.4. The molecule has 0 saturated carbocycles. The van der Waals surface area contributed by atoms with Gasteiger partial charge in [-0.3, -0.25) is 9.80 Å². The van der Waals surface area contributed by atoms with E-state index in [2.05, 4.69) is 87.8 Å². The Morgan fingerprint density at radius 3 is 1.97 bits per heavy atom. The molecule has 0 atom stereocenters. The van der Waals surface area contributed by atoms with Crippen molar-refractivity contribution in [2.75, 3.05) is 13.1 Å². The van der Waals surface area contributed by atoms with E-state index in [0.29, 0.717) is 12.4 Å². The largest absolute Gasteiger partial charge is 0.333 e. The predicted molar refractivity (Wildman–Crippen MR) is 152 cm³/mol. The van der Waals surface area contributed by atoms with Crippen LogP contribution in [0.4, 0.5) is 0 Å². The van der Waals surface area contributed by atoms with Crippen molar-refractivity contribution in [1.82, 2.24) is 19.9 Å². The number of hydrogen-bond donors (Lipinski definition) is 0. The van der Waals surface area contributed by atoms with Crippen LogP contribution in [0.25, 0.3) is 10.8 Å². The number of aromatic nitrogens is 2. The lowest BCUT2D eigenvalue weighted by atomic mass is 10.1. The Kier molecular flexibility index (Phi) is 11.4. The molecule has 0 radical (unpaired) electrons. The summed E-state index contributed by atoms with van der Waals surface area (Å²) in [6.45, 7) is 5.73. The fourth-order valence-electron chi connectivity index (χ4n) is 4.56. The maximum absolute atomic E-state index is 5.68. The van der Waals surface area contributed by atoms with E-state index in [4.69, 9.17) is 9.51 Å². The summed E-state index contributed by atoms with van der Waals surface area (Å²) in [5.74, 6) is 1.35. The average molecular weight is 546 g/mol. The zero-order valence-corrected chi connectivity index (χ0v) is 22.9.